The van der Waals surface area contributed by atoms with Crippen LogP contribution in [-0.4, -0.2) is 44.7 Å². The van der Waals surface area contributed by atoms with Crippen molar-refractivity contribution in [1.82, 2.24) is 10.2 Å². The molecule has 1 N–H and O–H groups in total. The summed E-state index contributed by atoms with van der Waals surface area (Å²) in [4.78, 5) is 14.9. The number of carbonyl (C=O) groups excluding carboxylic acids is 1. The van der Waals surface area contributed by atoms with Crippen molar-refractivity contribution in [3.63, 3.8) is 0 Å². The predicted octanol–water partition coefficient (Wildman–Crippen LogP) is 3.46. The van der Waals surface area contributed by atoms with Crippen molar-refractivity contribution in [2.45, 2.75) is 18.9 Å². The monoisotopic (exact) mass is 388 g/mol. The molecule has 2 aromatic carbocycles. The highest BCUT2D eigenvalue weighted by Gasteiger charge is 2.27. The van der Waals surface area contributed by atoms with Crippen molar-refractivity contribution in [2.75, 3.05) is 33.9 Å². The van der Waals surface area contributed by atoms with Crippen LogP contribution >= 0.6 is 11.6 Å². The minimum absolute atomic E-state index is 0.00959. The largest absolute Gasteiger partial charge is 0.493 e. The fourth-order valence-electron chi connectivity index (χ4n) is 3.45. The van der Waals surface area contributed by atoms with Gasteiger partial charge in [-0.1, -0.05) is 29.8 Å². The fraction of sp³-hybridized carbons (Fsp3) is 0.381. The van der Waals surface area contributed by atoms with Crippen LogP contribution in [-0.2, 0) is 11.2 Å². The number of amides is 1. The van der Waals surface area contributed by atoms with Gasteiger partial charge in [0.2, 0.25) is 5.91 Å². The molecule has 1 atom stereocenters. The molecule has 5 nitrogen and oxygen atoms in total. The third-order valence-electron chi connectivity index (χ3n) is 4.87. The van der Waals surface area contributed by atoms with Crippen LogP contribution in [0.5, 0.6) is 11.5 Å². The van der Waals surface area contributed by atoms with Gasteiger partial charge in [0.1, 0.15) is 0 Å². The molecule has 1 aliphatic heterocycles. The number of nitrogens with zero attached hydrogens (tertiary/aromatic N) is 1. The zero-order valence-electron chi connectivity index (χ0n) is 15.7. The molecule has 1 aliphatic rings. The lowest BCUT2D eigenvalue weighted by atomic mass is 10.0. The van der Waals surface area contributed by atoms with Gasteiger partial charge in [0.25, 0.3) is 0 Å². The van der Waals surface area contributed by atoms with E-state index in [-0.39, 0.29) is 11.9 Å². The number of benzene rings is 2. The first-order valence-corrected chi connectivity index (χ1v) is 9.46. The summed E-state index contributed by atoms with van der Waals surface area (Å²) >= 11 is 6.14. The van der Waals surface area contributed by atoms with Crippen LogP contribution in [0.3, 0.4) is 0 Å². The quantitative estimate of drug-likeness (QED) is 0.823. The Hall–Kier alpha value is -2.24. The van der Waals surface area contributed by atoms with Crippen LogP contribution in [0.2, 0.25) is 5.02 Å². The molecule has 27 heavy (non-hydrogen) atoms. The van der Waals surface area contributed by atoms with E-state index >= 15 is 0 Å². The van der Waals surface area contributed by atoms with E-state index in [4.69, 9.17) is 21.1 Å². The molecule has 3 rings (SSSR count). The summed E-state index contributed by atoms with van der Waals surface area (Å²) in [6, 6.07) is 13.5. The third kappa shape index (κ3) is 4.73. The van der Waals surface area contributed by atoms with Crippen molar-refractivity contribution in [2.24, 2.45) is 0 Å². The van der Waals surface area contributed by atoms with Crippen molar-refractivity contribution in [3.05, 3.63) is 58.6 Å². The molecule has 0 saturated carbocycles. The van der Waals surface area contributed by atoms with Crippen molar-refractivity contribution < 1.29 is 14.3 Å². The lowest BCUT2D eigenvalue weighted by molar-refractivity contribution is -0.134. The average molecular weight is 389 g/mol. The van der Waals surface area contributed by atoms with Crippen LogP contribution in [0.1, 0.15) is 23.6 Å². The highest BCUT2D eigenvalue weighted by Crippen LogP contribution is 2.29. The lowest BCUT2D eigenvalue weighted by Crippen LogP contribution is -2.48. The van der Waals surface area contributed by atoms with Crippen LogP contribution in [0.25, 0.3) is 0 Å². The SMILES string of the molecule is COc1ccc(CCC(=O)N2CCNCC2c2cccc(Cl)c2)cc1OC. The van der Waals surface area contributed by atoms with Crippen molar-refractivity contribution in [3.8, 4) is 11.5 Å². The molecule has 2 aromatic rings. The Bertz CT molecular complexity index is 797. The highest BCUT2D eigenvalue weighted by atomic mass is 35.5. The van der Waals surface area contributed by atoms with E-state index in [1.165, 1.54) is 0 Å². The Morgan fingerprint density at radius 1 is 1.19 bits per heavy atom. The fourth-order valence-corrected chi connectivity index (χ4v) is 3.64. The van der Waals surface area contributed by atoms with Crippen LogP contribution in [0.15, 0.2) is 42.5 Å². The van der Waals surface area contributed by atoms with E-state index in [0.29, 0.717) is 35.9 Å². The predicted molar refractivity (Wildman–Crippen MR) is 107 cm³/mol. The van der Waals surface area contributed by atoms with Gasteiger partial charge in [0.15, 0.2) is 11.5 Å². The van der Waals surface area contributed by atoms with E-state index < -0.39 is 0 Å². The minimum Gasteiger partial charge on any atom is -0.493 e. The van der Waals surface area contributed by atoms with Crippen LogP contribution < -0.4 is 14.8 Å². The smallest absolute Gasteiger partial charge is 0.223 e. The minimum atomic E-state index is 0.00959. The van der Waals surface area contributed by atoms with E-state index in [1.54, 1.807) is 14.2 Å². The van der Waals surface area contributed by atoms with Crippen LogP contribution in [0.4, 0.5) is 0 Å². The number of hydrogen-bond acceptors (Lipinski definition) is 4. The maximum Gasteiger partial charge on any atom is 0.223 e. The maximum atomic E-state index is 12.9. The average Bonchev–Trinajstić information content (AvgIpc) is 2.71. The number of halogens is 1. The number of aryl methyl sites for hydroxylation is 1. The van der Waals surface area contributed by atoms with Gasteiger partial charge >= 0.3 is 0 Å². The number of piperazine rings is 1. The molecule has 0 bridgehead atoms. The molecule has 1 unspecified atom stereocenters. The maximum absolute atomic E-state index is 12.9. The molecule has 144 valence electrons. The number of nitrogens with one attached hydrogen (secondary N) is 1. The summed E-state index contributed by atoms with van der Waals surface area (Å²) in [5.74, 6) is 1.52. The Kier molecular flexibility index (Phi) is 6.58. The Morgan fingerprint density at radius 3 is 2.74 bits per heavy atom. The van der Waals surface area contributed by atoms with Crippen LogP contribution in [0, 0.1) is 0 Å². The molecule has 0 spiro atoms. The van der Waals surface area contributed by atoms with E-state index in [9.17, 15) is 4.79 Å². The van der Waals surface area contributed by atoms with Gasteiger partial charge in [-0.3, -0.25) is 4.79 Å². The number of carbonyl (C=O) groups is 1. The Labute approximate surface area is 165 Å². The molecule has 0 radical (unpaired) electrons. The Balaban J connectivity index is 1.69. The summed E-state index contributed by atoms with van der Waals surface area (Å²) in [6.07, 6.45) is 1.11. The highest BCUT2D eigenvalue weighted by molar-refractivity contribution is 6.30. The molecular weight excluding hydrogens is 364 g/mol. The zero-order valence-corrected chi connectivity index (χ0v) is 16.5. The van der Waals surface area contributed by atoms with Crippen molar-refractivity contribution >= 4 is 17.5 Å². The van der Waals surface area contributed by atoms with E-state index in [2.05, 4.69) is 5.32 Å². The topological polar surface area (TPSA) is 50.8 Å². The number of rotatable bonds is 6. The molecule has 1 amide bonds. The normalized spacial score (nSPS) is 16.9. The second kappa shape index (κ2) is 9.11. The first-order valence-electron chi connectivity index (χ1n) is 9.09. The molecule has 1 saturated heterocycles. The van der Waals surface area contributed by atoms with Crippen molar-refractivity contribution in [1.29, 1.82) is 0 Å². The van der Waals surface area contributed by atoms with Gasteiger partial charge in [-0.05, 0) is 41.8 Å². The number of ether oxygens (including phenoxy) is 2. The first kappa shape index (κ1) is 19.5. The molecule has 0 aromatic heterocycles. The summed E-state index contributed by atoms with van der Waals surface area (Å²) in [7, 11) is 3.23. The van der Waals surface area contributed by atoms with E-state index in [1.807, 2.05) is 47.4 Å². The molecule has 0 aliphatic carbocycles. The van der Waals surface area contributed by atoms with Gasteiger partial charge in [0.05, 0.1) is 20.3 Å². The second-order valence-corrected chi connectivity index (χ2v) is 6.99. The number of hydrogen-bond donors (Lipinski definition) is 1. The molecule has 1 heterocycles. The zero-order chi connectivity index (χ0) is 19.2. The van der Waals surface area contributed by atoms with E-state index in [0.717, 1.165) is 24.2 Å². The first-order chi connectivity index (χ1) is 13.1. The molecule has 6 heteroatoms. The molecule has 1 fully saturated rings. The standard InChI is InChI=1S/C21H25ClN2O3/c1-26-19-8-6-15(12-20(19)27-2)7-9-21(25)24-11-10-23-14-18(24)16-4-3-5-17(22)13-16/h3-6,8,12-13,18,23H,7,9-11,14H2,1-2H3. The summed E-state index contributed by atoms with van der Waals surface area (Å²) in [5, 5.41) is 4.06. The third-order valence-corrected chi connectivity index (χ3v) is 5.11. The lowest BCUT2D eigenvalue weighted by Gasteiger charge is -2.36. The second-order valence-electron chi connectivity index (χ2n) is 6.55. The van der Waals surface area contributed by atoms with Gasteiger partial charge in [0, 0.05) is 31.1 Å². The number of methoxy groups -OCH3 is 2. The summed E-state index contributed by atoms with van der Waals surface area (Å²) in [6.45, 7) is 2.24. The summed E-state index contributed by atoms with van der Waals surface area (Å²) < 4.78 is 10.6. The Morgan fingerprint density at radius 2 is 2.00 bits per heavy atom. The van der Waals surface area contributed by atoms with Gasteiger partial charge in [-0.15, -0.1) is 0 Å². The van der Waals surface area contributed by atoms with Gasteiger partial charge in [-0.2, -0.15) is 0 Å². The van der Waals surface area contributed by atoms with Gasteiger partial charge < -0.3 is 19.7 Å². The summed E-state index contributed by atoms with van der Waals surface area (Å²) in [5.41, 5.74) is 2.12. The molecular formula is C21H25ClN2O3. The van der Waals surface area contributed by atoms with Gasteiger partial charge in [-0.25, -0.2) is 0 Å².